The van der Waals surface area contributed by atoms with E-state index in [1.165, 1.54) is 0 Å². The molecule has 0 radical (unpaired) electrons. The van der Waals surface area contributed by atoms with Gasteiger partial charge in [0.2, 0.25) is 0 Å². The van der Waals surface area contributed by atoms with Crippen LogP contribution in [-0.2, 0) is 6.42 Å². The topological polar surface area (TPSA) is 66.5 Å². The first kappa shape index (κ1) is 10.2. The SMILES string of the molecule is NCCc1ccccc1C(O)CO. The number of nitrogens with two attached hydrogens (primary N) is 1. The molecule has 1 aromatic rings. The largest absolute Gasteiger partial charge is 0.393 e. The van der Waals surface area contributed by atoms with Crippen LogP contribution < -0.4 is 5.73 Å². The van der Waals surface area contributed by atoms with Gasteiger partial charge in [-0.2, -0.15) is 0 Å². The Balaban J connectivity index is 2.90. The van der Waals surface area contributed by atoms with Crippen LogP contribution in [0.5, 0.6) is 0 Å². The van der Waals surface area contributed by atoms with Gasteiger partial charge in [0.1, 0.15) is 6.10 Å². The van der Waals surface area contributed by atoms with Crippen molar-refractivity contribution in [3.05, 3.63) is 35.4 Å². The van der Waals surface area contributed by atoms with E-state index in [1.807, 2.05) is 24.3 Å². The molecule has 3 heteroatoms. The quantitative estimate of drug-likeness (QED) is 0.622. The number of hydrogen-bond acceptors (Lipinski definition) is 3. The summed E-state index contributed by atoms with van der Waals surface area (Å²) < 4.78 is 0. The molecule has 3 nitrogen and oxygen atoms in total. The highest BCUT2D eigenvalue weighted by molar-refractivity contribution is 5.29. The molecule has 0 bridgehead atoms. The lowest BCUT2D eigenvalue weighted by Crippen LogP contribution is -2.10. The summed E-state index contributed by atoms with van der Waals surface area (Å²) in [6, 6.07) is 7.47. The summed E-state index contributed by atoms with van der Waals surface area (Å²) in [5.41, 5.74) is 7.21. The summed E-state index contributed by atoms with van der Waals surface area (Å²) in [7, 11) is 0. The number of hydrogen-bond donors (Lipinski definition) is 3. The number of benzene rings is 1. The fourth-order valence-corrected chi connectivity index (χ4v) is 1.34. The van der Waals surface area contributed by atoms with Gasteiger partial charge >= 0.3 is 0 Å². The second-order valence-electron chi connectivity index (χ2n) is 2.94. The Kier molecular flexibility index (Phi) is 3.89. The highest BCUT2D eigenvalue weighted by Crippen LogP contribution is 2.17. The Labute approximate surface area is 77.8 Å². The third kappa shape index (κ3) is 2.52. The van der Waals surface area contributed by atoms with Crippen molar-refractivity contribution in [3.8, 4) is 0 Å². The smallest absolute Gasteiger partial charge is 0.102 e. The summed E-state index contributed by atoms with van der Waals surface area (Å²) >= 11 is 0. The van der Waals surface area contributed by atoms with E-state index in [9.17, 15) is 5.11 Å². The van der Waals surface area contributed by atoms with Crippen LogP contribution in [0.1, 0.15) is 17.2 Å². The highest BCUT2D eigenvalue weighted by atomic mass is 16.3. The van der Waals surface area contributed by atoms with Crippen LogP contribution in [0.2, 0.25) is 0 Å². The Hall–Kier alpha value is -0.900. The van der Waals surface area contributed by atoms with Crippen LogP contribution in [0.25, 0.3) is 0 Å². The van der Waals surface area contributed by atoms with Crippen LogP contribution in [0.4, 0.5) is 0 Å². The number of aliphatic hydroxyl groups is 2. The van der Waals surface area contributed by atoms with E-state index in [1.54, 1.807) is 0 Å². The summed E-state index contributed by atoms with van der Waals surface area (Å²) in [5.74, 6) is 0. The Morgan fingerprint density at radius 2 is 2.00 bits per heavy atom. The second kappa shape index (κ2) is 4.97. The molecule has 1 atom stereocenters. The first-order chi connectivity index (χ1) is 6.29. The van der Waals surface area contributed by atoms with Crippen molar-refractivity contribution < 1.29 is 10.2 Å². The Morgan fingerprint density at radius 1 is 1.31 bits per heavy atom. The van der Waals surface area contributed by atoms with Gasteiger partial charge in [-0.25, -0.2) is 0 Å². The van der Waals surface area contributed by atoms with Gasteiger partial charge in [0.05, 0.1) is 6.61 Å². The van der Waals surface area contributed by atoms with Gasteiger partial charge in [-0.15, -0.1) is 0 Å². The zero-order chi connectivity index (χ0) is 9.68. The third-order valence-corrected chi connectivity index (χ3v) is 2.00. The zero-order valence-electron chi connectivity index (χ0n) is 7.48. The first-order valence-corrected chi connectivity index (χ1v) is 4.36. The number of aliphatic hydroxyl groups excluding tert-OH is 2. The van der Waals surface area contributed by atoms with Crippen molar-refractivity contribution in [2.45, 2.75) is 12.5 Å². The van der Waals surface area contributed by atoms with Crippen LogP contribution in [-0.4, -0.2) is 23.4 Å². The maximum absolute atomic E-state index is 9.45. The van der Waals surface area contributed by atoms with Gasteiger partial charge in [0.15, 0.2) is 0 Å². The lowest BCUT2D eigenvalue weighted by molar-refractivity contribution is 0.0949. The van der Waals surface area contributed by atoms with E-state index in [4.69, 9.17) is 10.8 Å². The highest BCUT2D eigenvalue weighted by Gasteiger charge is 2.09. The van der Waals surface area contributed by atoms with Gasteiger partial charge in [0, 0.05) is 0 Å². The summed E-state index contributed by atoms with van der Waals surface area (Å²) in [5, 5.41) is 18.2. The minimum Gasteiger partial charge on any atom is -0.393 e. The molecule has 0 fully saturated rings. The summed E-state index contributed by atoms with van der Waals surface area (Å²) in [6.45, 7) is 0.302. The van der Waals surface area contributed by atoms with E-state index in [-0.39, 0.29) is 6.61 Å². The average Bonchev–Trinajstić information content (AvgIpc) is 2.18. The van der Waals surface area contributed by atoms with E-state index < -0.39 is 6.10 Å². The molecule has 0 aromatic heterocycles. The second-order valence-corrected chi connectivity index (χ2v) is 2.94. The van der Waals surface area contributed by atoms with Gasteiger partial charge in [-0.3, -0.25) is 0 Å². The van der Waals surface area contributed by atoms with Crippen LogP contribution in [0.15, 0.2) is 24.3 Å². The van der Waals surface area contributed by atoms with Crippen LogP contribution in [0.3, 0.4) is 0 Å². The molecule has 0 saturated heterocycles. The fraction of sp³-hybridized carbons (Fsp3) is 0.400. The minimum absolute atomic E-state index is 0.248. The van der Waals surface area contributed by atoms with E-state index >= 15 is 0 Å². The van der Waals surface area contributed by atoms with E-state index in [0.29, 0.717) is 6.54 Å². The molecule has 0 heterocycles. The fourth-order valence-electron chi connectivity index (χ4n) is 1.34. The van der Waals surface area contributed by atoms with Crippen molar-refractivity contribution in [3.63, 3.8) is 0 Å². The lowest BCUT2D eigenvalue weighted by Gasteiger charge is -2.12. The maximum atomic E-state index is 9.45. The van der Waals surface area contributed by atoms with Gasteiger partial charge in [-0.05, 0) is 24.1 Å². The molecular weight excluding hydrogens is 166 g/mol. The molecule has 4 N–H and O–H groups in total. The van der Waals surface area contributed by atoms with Crippen LogP contribution in [0, 0.1) is 0 Å². The molecule has 0 aliphatic rings. The normalized spacial score (nSPS) is 12.8. The molecule has 1 unspecified atom stereocenters. The molecule has 72 valence electrons. The molecule has 0 aliphatic heterocycles. The van der Waals surface area contributed by atoms with Gasteiger partial charge in [-0.1, -0.05) is 24.3 Å². The minimum atomic E-state index is -0.789. The lowest BCUT2D eigenvalue weighted by atomic mass is 10.0. The molecule has 13 heavy (non-hydrogen) atoms. The molecule has 0 aliphatic carbocycles. The van der Waals surface area contributed by atoms with Crippen molar-refractivity contribution >= 4 is 0 Å². The van der Waals surface area contributed by atoms with Gasteiger partial charge in [0.25, 0.3) is 0 Å². The van der Waals surface area contributed by atoms with Crippen molar-refractivity contribution in [1.29, 1.82) is 0 Å². The summed E-state index contributed by atoms with van der Waals surface area (Å²) in [6.07, 6.45) is -0.0597. The van der Waals surface area contributed by atoms with Crippen LogP contribution >= 0.6 is 0 Å². The Morgan fingerprint density at radius 3 is 2.62 bits per heavy atom. The molecule has 1 rings (SSSR count). The zero-order valence-corrected chi connectivity index (χ0v) is 7.48. The maximum Gasteiger partial charge on any atom is 0.102 e. The average molecular weight is 181 g/mol. The van der Waals surface area contributed by atoms with Crippen molar-refractivity contribution in [1.82, 2.24) is 0 Å². The summed E-state index contributed by atoms with van der Waals surface area (Å²) in [4.78, 5) is 0. The van der Waals surface area contributed by atoms with Crippen molar-refractivity contribution in [2.24, 2.45) is 5.73 Å². The first-order valence-electron chi connectivity index (χ1n) is 4.36. The third-order valence-electron chi connectivity index (χ3n) is 2.00. The molecule has 0 amide bonds. The van der Waals surface area contributed by atoms with Gasteiger partial charge < -0.3 is 15.9 Å². The predicted molar refractivity (Wildman–Crippen MR) is 51.2 cm³/mol. The molecular formula is C10H15NO2. The predicted octanol–water partition coefficient (Wildman–Crippen LogP) is 0.213. The van der Waals surface area contributed by atoms with E-state index in [0.717, 1.165) is 17.5 Å². The van der Waals surface area contributed by atoms with Crippen molar-refractivity contribution in [2.75, 3.05) is 13.2 Å². The molecule has 1 aromatic carbocycles. The molecule has 0 spiro atoms. The molecule has 0 saturated carbocycles. The standard InChI is InChI=1S/C10H15NO2/c11-6-5-8-3-1-2-4-9(8)10(13)7-12/h1-4,10,12-13H,5-7,11H2. The number of rotatable bonds is 4. The van der Waals surface area contributed by atoms with E-state index in [2.05, 4.69) is 0 Å². The monoisotopic (exact) mass is 181 g/mol. The Bertz CT molecular complexity index is 263.